The number of aliphatic hydroxyl groups excluding tert-OH is 1. The molecule has 6 heteroatoms. The van der Waals surface area contributed by atoms with Crippen LogP contribution in [0.4, 0.5) is 0 Å². The lowest BCUT2D eigenvalue weighted by atomic mass is 9.87. The molecule has 1 aliphatic carbocycles. The number of rotatable bonds is 6. The Balaban J connectivity index is 1.44. The van der Waals surface area contributed by atoms with Crippen molar-refractivity contribution in [3.05, 3.63) is 17.5 Å². The van der Waals surface area contributed by atoms with Crippen LogP contribution in [0.1, 0.15) is 56.3 Å². The largest absolute Gasteiger partial charge is 0.389 e. The van der Waals surface area contributed by atoms with Crippen LogP contribution in [0.15, 0.2) is 6.07 Å². The minimum absolute atomic E-state index is 0.0488. The fourth-order valence-corrected chi connectivity index (χ4v) is 4.36. The molecule has 2 N–H and O–H groups in total. The minimum atomic E-state index is -0.438. The van der Waals surface area contributed by atoms with Crippen LogP contribution in [-0.4, -0.2) is 57.0 Å². The van der Waals surface area contributed by atoms with E-state index in [2.05, 4.69) is 21.4 Å². The van der Waals surface area contributed by atoms with E-state index in [0.29, 0.717) is 6.42 Å². The number of carbonyl (C=O) groups is 1. The molecular formula is C19H32N4O2. The Bertz CT molecular complexity index is 580. The Labute approximate surface area is 150 Å². The zero-order chi connectivity index (χ0) is 17.8. The molecule has 0 spiro atoms. The molecule has 2 fully saturated rings. The maximum atomic E-state index is 12.3. The number of aryl methyl sites for hydroxylation is 3. The Morgan fingerprint density at radius 3 is 2.72 bits per heavy atom. The van der Waals surface area contributed by atoms with Crippen molar-refractivity contribution >= 4 is 5.91 Å². The highest BCUT2D eigenvalue weighted by molar-refractivity contribution is 5.76. The summed E-state index contributed by atoms with van der Waals surface area (Å²) in [5, 5.41) is 18.2. The monoisotopic (exact) mass is 348 g/mol. The number of nitrogens with one attached hydrogen (secondary N) is 1. The zero-order valence-electron chi connectivity index (χ0n) is 15.6. The lowest BCUT2D eigenvalue weighted by molar-refractivity contribution is -0.123. The quantitative estimate of drug-likeness (QED) is 0.822. The van der Waals surface area contributed by atoms with Gasteiger partial charge in [-0.15, -0.1) is 0 Å². The average Bonchev–Trinajstić information content (AvgIpc) is 3.20. The second kappa shape index (κ2) is 8.32. The van der Waals surface area contributed by atoms with E-state index < -0.39 is 6.10 Å². The first kappa shape index (κ1) is 18.4. The first-order chi connectivity index (χ1) is 12.0. The highest BCUT2D eigenvalue weighted by atomic mass is 16.3. The van der Waals surface area contributed by atoms with Gasteiger partial charge in [-0.05, 0) is 71.5 Å². The molecule has 6 nitrogen and oxygen atoms in total. The Morgan fingerprint density at radius 2 is 2.04 bits per heavy atom. The molecule has 0 radical (unpaired) electrons. The van der Waals surface area contributed by atoms with Crippen molar-refractivity contribution in [2.75, 3.05) is 13.1 Å². The molecule has 1 amide bonds. The van der Waals surface area contributed by atoms with Crippen LogP contribution in [-0.2, 0) is 11.3 Å². The summed E-state index contributed by atoms with van der Waals surface area (Å²) in [4.78, 5) is 14.7. The molecule has 0 bridgehead atoms. The van der Waals surface area contributed by atoms with Crippen LogP contribution in [0.2, 0.25) is 0 Å². The number of aliphatic hydroxyl groups is 1. The lowest BCUT2D eigenvalue weighted by Gasteiger charge is -2.40. The summed E-state index contributed by atoms with van der Waals surface area (Å²) in [5.74, 6) is 0.0488. The normalized spacial score (nSPS) is 27.6. The van der Waals surface area contributed by atoms with Gasteiger partial charge in [-0.2, -0.15) is 5.10 Å². The van der Waals surface area contributed by atoms with Crippen LogP contribution in [0.25, 0.3) is 0 Å². The molecule has 3 rings (SSSR count). The summed E-state index contributed by atoms with van der Waals surface area (Å²) in [5.41, 5.74) is 2.15. The fourth-order valence-electron chi connectivity index (χ4n) is 4.36. The van der Waals surface area contributed by atoms with Crippen molar-refractivity contribution in [3.8, 4) is 0 Å². The third-order valence-electron chi connectivity index (χ3n) is 5.65. The summed E-state index contributed by atoms with van der Waals surface area (Å²) < 4.78 is 1.96. The highest BCUT2D eigenvalue weighted by Gasteiger charge is 2.36. The van der Waals surface area contributed by atoms with Crippen LogP contribution >= 0.6 is 0 Å². The summed E-state index contributed by atoms with van der Waals surface area (Å²) >= 11 is 0. The molecule has 1 aliphatic heterocycles. The summed E-state index contributed by atoms with van der Waals surface area (Å²) in [6.45, 7) is 6.96. The number of amides is 1. The van der Waals surface area contributed by atoms with Crippen molar-refractivity contribution in [2.45, 2.75) is 83.5 Å². The third kappa shape index (κ3) is 4.61. The molecule has 0 unspecified atom stereocenters. The molecule has 1 saturated heterocycles. The maximum absolute atomic E-state index is 12.3. The second-order valence-corrected chi connectivity index (χ2v) is 7.66. The smallest absolute Gasteiger partial charge is 0.220 e. The van der Waals surface area contributed by atoms with Crippen LogP contribution < -0.4 is 5.32 Å². The van der Waals surface area contributed by atoms with E-state index in [-0.39, 0.29) is 18.0 Å². The van der Waals surface area contributed by atoms with Gasteiger partial charge in [0.05, 0.1) is 17.8 Å². The number of hydrogen-bond donors (Lipinski definition) is 2. The summed E-state index contributed by atoms with van der Waals surface area (Å²) in [6, 6.07) is 2.17. The molecule has 2 heterocycles. The molecule has 140 valence electrons. The number of nitrogens with zero attached hydrogens (tertiary/aromatic N) is 3. The Hall–Kier alpha value is -1.40. The Morgan fingerprint density at radius 1 is 1.28 bits per heavy atom. The van der Waals surface area contributed by atoms with Gasteiger partial charge in [0.25, 0.3) is 0 Å². The number of hydrogen-bond acceptors (Lipinski definition) is 4. The summed E-state index contributed by atoms with van der Waals surface area (Å²) in [6.07, 6.45) is 6.28. The third-order valence-corrected chi connectivity index (χ3v) is 5.65. The first-order valence-corrected chi connectivity index (χ1v) is 9.77. The molecule has 25 heavy (non-hydrogen) atoms. The van der Waals surface area contributed by atoms with Crippen LogP contribution in [0.3, 0.4) is 0 Å². The highest BCUT2D eigenvalue weighted by Crippen LogP contribution is 2.26. The van der Waals surface area contributed by atoms with Gasteiger partial charge in [-0.25, -0.2) is 0 Å². The van der Waals surface area contributed by atoms with Crippen molar-refractivity contribution < 1.29 is 9.90 Å². The topological polar surface area (TPSA) is 70.4 Å². The molecule has 0 aromatic carbocycles. The average molecular weight is 348 g/mol. The predicted molar refractivity (Wildman–Crippen MR) is 97.3 cm³/mol. The van der Waals surface area contributed by atoms with E-state index >= 15 is 0 Å². The van der Waals surface area contributed by atoms with Crippen LogP contribution in [0, 0.1) is 13.8 Å². The van der Waals surface area contributed by atoms with Gasteiger partial charge in [0.15, 0.2) is 0 Å². The fraction of sp³-hybridized carbons (Fsp3) is 0.789. The van der Waals surface area contributed by atoms with Gasteiger partial charge in [0, 0.05) is 24.7 Å². The number of aromatic nitrogens is 2. The van der Waals surface area contributed by atoms with E-state index in [1.54, 1.807) is 0 Å². The SMILES string of the molecule is Cc1cc(C)n(CCCC(=O)N[C@@H]2CCC[C@@H](N3CCCC3)[C@@H]2O)n1. The molecule has 2 aliphatic rings. The molecule has 1 saturated carbocycles. The van der Waals surface area contributed by atoms with Gasteiger partial charge in [0.2, 0.25) is 5.91 Å². The van der Waals surface area contributed by atoms with Gasteiger partial charge < -0.3 is 10.4 Å². The number of likely N-dealkylation sites (tertiary alicyclic amines) is 1. The van der Waals surface area contributed by atoms with Crippen molar-refractivity contribution in [2.24, 2.45) is 0 Å². The predicted octanol–water partition coefficient (Wildman–Crippen LogP) is 1.77. The van der Waals surface area contributed by atoms with E-state index in [1.807, 2.05) is 18.5 Å². The van der Waals surface area contributed by atoms with Crippen molar-refractivity contribution in [1.82, 2.24) is 20.0 Å². The van der Waals surface area contributed by atoms with Crippen molar-refractivity contribution in [1.29, 1.82) is 0 Å². The first-order valence-electron chi connectivity index (χ1n) is 9.77. The standard InChI is InChI=1S/C19H32N4O2/c1-14-13-15(2)23(21-14)12-6-9-18(24)20-16-7-5-8-17(19(16)25)22-10-3-4-11-22/h13,16-17,19,25H,3-12H2,1-2H3,(H,20,24)/t16-,17-,19-/m1/s1. The van der Waals surface area contributed by atoms with E-state index in [4.69, 9.17) is 0 Å². The zero-order valence-corrected chi connectivity index (χ0v) is 15.6. The molecule has 1 aromatic rings. The van der Waals surface area contributed by atoms with Gasteiger partial charge in [0.1, 0.15) is 0 Å². The van der Waals surface area contributed by atoms with E-state index in [0.717, 1.165) is 56.7 Å². The van der Waals surface area contributed by atoms with Gasteiger partial charge >= 0.3 is 0 Å². The molecule has 3 atom stereocenters. The number of carbonyl (C=O) groups excluding carboxylic acids is 1. The molecular weight excluding hydrogens is 316 g/mol. The minimum Gasteiger partial charge on any atom is -0.389 e. The lowest BCUT2D eigenvalue weighted by Crippen LogP contribution is -2.56. The van der Waals surface area contributed by atoms with Crippen molar-refractivity contribution in [3.63, 3.8) is 0 Å². The summed E-state index contributed by atoms with van der Waals surface area (Å²) in [7, 11) is 0. The van der Waals surface area contributed by atoms with Gasteiger partial charge in [-0.3, -0.25) is 14.4 Å². The van der Waals surface area contributed by atoms with Gasteiger partial charge in [-0.1, -0.05) is 0 Å². The maximum Gasteiger partial charge on any atom is 0.220 e. The Kier molecular flexibility index (Phi) is 6.12. The molecule has 1 aromatic heterocycles. The van der Waals surface area contributed by atoms with E-state index in [1.165, 1.54) is 12.8 Å². The second-order valence-electron chi connectivity index (χ2n) is 7.66. The van der Waals surface area contributed by atoms with Crippen LogP contribution in [0.5, 0.6) is 0 Å². The van der Waals surface area contributed by atoms with E-state index in [9.17, 15) is 9.90 Å².